The molecule has 2 N–H and O–H groups in total. The van der Waals surface area contributed by atoms with Gasteiger partial charge in [-0.1, -0.05) is 12.1 Å². The summed E-state index contributed by atoms with van der Waals surface area (Å²) < 4.78 is 5.41. The lowest BCUT2D eigenvalue weighted by molar-refractivity contribution is -0.146. The number of aliphatic carboxylic acids is 1. The summed E-state index contributed by atoms with van der Waals surface area (Å²) in [5, 5.41) is 12.1. The molecule has 0 aliphatic carbocycles. The third-order valence-corrected chi connectivity index (χ3v) is 2.68. The van der Waals surface area contributed by atoms with Crippen LogP contribution in [0.4, 0.5) is 0 Å². The maximum Gasteiger partial charge on any atom is 0.310 e. The van der Waals surface area contributed by atoms with Crippen LogP contribution >= 0.6 is 0 Å². The van der Waals surface area contributed by atoms with E-state index in [0.29, 0.717) is 19.7 Å². The minimum Gasteiger partial charge on any atom is -0.494 e. The molecule has 0 aliphatic rings. The van der Waals surface area contributed by atoms with Crippen LogP contribution in [0, 0.1) is 5.41 Å². The highest BCUT2D eigenvalue weighted by molar-refractivity contribution is 5.73. The average molecular weight is 251 g/mol. The molecule has 0 heterocycles. The summed E-state index contributed by atoms with van der Waals surface area (Å²) in [5.41, 5.74) is 0.333. The lowest BCUT2D eigenvalue weighted by Crippen LogP contribution is -2.35. The van der Waals surface area contributed by atoms with E-state index >= 15 is 0 Å². The molecular weight excluding hydrogens is 230 g/mol. The Bertz CT molecular complexity index is 402. The summed E-state index contributed by atoms with van der Waals surface area (Å²) in [6.07, 6.45) is 0. The molecule has 0 saturated heterocycles. The molecule has 0 spiro atoms. The van der Waals surface area contributed by atoms with Crippen molar-refractivity contribution in [1.82, 2.24) is 5.32 Å². The highest BCUT2D eigenvalue weighted by Gasteiger charge is 2.26. The van der Waals surface area contributed by atoms with Crippen LogP contribution in [0.2, 0.25) is 0 Å². The van der Waals surface area contributed by atoms with Crippen LogP contribution in [0.25, 0.3) is 0 Å². The second-order valence-corrected chi connectivity index (χ2v) is 4.87. The molecule has 0 fully saturated rings. The van der Waals surface area contributed by atoms with E-state index in [0.717, 1.165) is 11.3 Å². The zero-order chi connectivity index (χ0) is 13.6. The number of carboxylic acids is 1. The molecule has 1 aromatic rings. The van der Waals surface area contributed by atoms with E-state index in [1.807, 2.05) is 31.2 Å². The SMILES string of the molecule is CCOc1cccc(CNCC(C)(C)C(=O)O)c1. The van der Waals surface area contributed by atoms with Crippen LogP contribution in [-0.4, -0.2) is 24.2 Å². The number of hydrogen-bond acceptors (Lipinski definition) is 3. The molecule has 0 radical (unpaired) electrons. The summed E-state index contributed by atoms with van der Waals surface area (Å²) in [4.78, 5) is 10.9. The molecule has 100 valence electrons. The normalized spacial score (nSPS) is 11.3. The van der Waals surface area contributed by atoms with Gasteiger partial charge in [-0.05, 0) is 38.5 Å². The Morgan fingerprint density at radius 1 is 1.44 bits per heavy atom. The van der Waals surface area contributed by atoms with Crippen molar-refractivity contribution in [3.05, 3.63) is 29.8 Å². The van der Waals surface area contributed by atoms with Gasteiger partial charge in [-0.2, -0.15) is 0 Å². The van der Waals surface area contributed by atoms with Crippen molar-refractivity contribution in [2.45, 2.75) is 27.3 Å². The Kier molecular flexibility index (Phi) is 5.16. The second kappa shape index (κ2) is 6.40. The van der Waals surface area contributed by atoms with Crippen LogP contribution in [0.3, 0.4) is 0 Å². The molecule has 4 heteroatoms. The first-order chi connectivity index (χ1) is 8.45. The minimum atomic E-state index is -0.793. The summed E-state index contributed by atoms with van der Waals surface area (Å²) in [6.45, 7) is 7.07. The van der Waals surface area contributed by atoms with E-state index < -0.39 is 11.4 Å². The minimum absolute atomic E-state index is 0.432. The molecule has 1 rings (SSSR count). The van der Waals surface area contributed by atoms with E-state index in [4.69, 9.17) is 9.84 Å². The molecule has 18 heavy (non-hydrogen) atoms. The molecular formula is C14H21NO3. The average Bonchev–Trinajstić information content (AvgIpc) is 2.29. The van der Waals surface area contributed by atoms with Gasteiger partial charge in [-0.3, -0.25) is 4.79 Å². The number of rotatable bonds is 7. The van der Waals surface area contributed by atoms with Crippen molar-refractivity contribution in [1.29, 1.82) is 0 Å². The zero-order valence-corrected chi connectivity index (χ0v) is 11.2. The van der Waals surface area contributed by atoms with Gasteiger partial charge in [0, 0.05) is 13.1 Å². The Morgan fingerprint density at radius 3 is 2.78 bits per heavy atom. The highest BCUT2D eigenvalue weighted by atomic mass is 16.5. The molecule has 0 atom stereocenters. The van der Waals surface area contributed by atoms with Crippen molar-refractivity contribution in [2.75, 3.05) is 13.2 Å². The molecule has 1 aromatic carbocycles. The lowest BCUT2D eigenvalue weighted by Gasteiger charge is -2.19. The van der Waals surface area contributed by atoms with Gasteiger partial charge in [0.25, 0.3) is 0 Å². The van der Waals surface area contributed by atoms with Crippen LogP contribution in [0.5, 0.6) is 5.75 Å². The van der Waals surface area contributed by atoms with Gasteiger partial charge in [0.15, 0.2) is 0 Å². The fourth-order valence-electron chi connectivity index (χ4n) is 1.51. The van der Waals surface area contributed by atoms with Crippen molar-refractivity contribution in [3.63, 3.8) is 0 Å². The molecule has 0 amide bonds. The third kappa shape index (κ3) is 4.37. The fraction of sp³-hybridized carbons (Fsp3) is 0.500. The molecule has 0 unspecified atom stereocenters. The predicted octanol–water partition coefficient (Wildman–Crippen LogP) is 2.29. The Labute approximate surface area is 108 Å². The highest BCUT2D eigenvalue weighted by Crippen LogP contribution is 2.15. The van der Waals surface area contributed by atoms with Crippen LogP contribution in [-0.2, 0) is 11.3 Å². The molecule has 0 aliphatic heterocycles. The zero-order valence-electron chi connectivity index (χ0n) is 11.2. The number of benzene rings is 1. The first kappa shape index (κ1) is 14.5. The Hall–Kier alpha value is -1.55. The largest absolute Gasteiger partial charge is 0.494 e. The van der Waals surface area contributed by atoms with Gasteiger partial charge in [0.2, 0.25) is 0 Å². The van der Waals surface area contributed by atoms with E-state index in [2.05, 4.69) is 5.32 Å². The van der Waals surface area contributed by atoms with E-state index in [1.165, 1.54) is 0 Å². The molecule has 0 aromatic heterocycles. The summed E-state index contributed by atoms with van der Waals surface area (Å²) in [7, 11) is 0. The van der Waals surface area contributed by atoms with Crippen LogP contribution < -0.4 is 10.1 Å². The quantitative estimate of drug-likeness (QED) is 0.780. The molecule has 0 saturated carbocycles. The van der Waals surface area contributed by atoms with Crippen molar-refractivity contribution in [3.8, 4) is 5.75 Å². The number of hydrogen-bond donors (Lipinski definition) is 2. The van der Waals surface area contributed by atoms with Crippen molar-refractivity contribution < 1.29 is 14.6 Å². The number of ether oxygens (including phenoxy) is 1. The van der Waals surface area contributed by atoms with Gasteiger partial charge in [0.1, 0.15) is 5.75 Å². The second-order valence-electron chi connectivity index (χ2n) is 4.87. The third-order valence-electron chi connectivity index (χ3n) is 2.68. The van der Waals surface area contributed by atoms with E-state index in [1.54, 1.807) is 13.8 Å². The standard InChI is InChI=1S/C14H21NO3/c1-4-18-12-7-5-6-11(8-12)9-15-10-14(2,3)13(16)17/h5-8,15H,4,9-10H2,1-3H3,(H,16,17). The van der Waals surface area contributed by atoms with Crippen molar-refractivity contribution in [2.24, 2.45) is 5.41 Å². The van der Waals surface area contributed by atoms with E-state index in [9.17, 15) is 4.79 Å². The fourth-order valence-corrected chi connectivity index (χ4v) is 1.51. The topological polar surface area (TPSA) is 58.6 Å². The monoisotopic (exact) mass is 251 g/mol. The number of carboxylic acid groups (broad SMARTS) is 1. The molecule has 0 bridgehead atoms. The van der Waals surface area contributed by atoms with Crippen LogP contribution in [0.15, 0.2) is 24.3 Å². The lowest BCUT2D eigenvalue weighted by atomic mass is 9.94. The predicted molar refractivity (Wildman–Crippen MR) is 70.7 cm³/mol. The Balaban J connectivity index is 2.49. The number of carbonyl (C=O) groups is 1. The van der Waals surface area contributed by atoms with Gasteiger partial charge >= 0.3 is 5.97 Å². The first-order valence-corrected chi connectivity index (χ1v) is 6.11. The van der Waals surface area contributed by atoms with Gasteiger partial charge in [0.05, 0.1) is 12.0 Å². The summed E-state index contributed by atoms with van der Waals surface area (Å²) >= 11 is 0. The first-order valence-electron chi connectivity index (χ1n) is 6.11. The smallest absolute Gasteiger partial charge is 0.310 e. The maximum atomic E-state index is 10.9. The maximum absolute atomic E-state index is 10.9. The summed E-state index contributed by atoms with van der Waals surface area (Å²) in [5.74, 6) is 0.0485. The van der Waals surface area contributed by atoms with Crippen LogP contribution in [0.1, 0.15) is 26.3 Å². The van der Waals surface area contributed by atoms with Gasteiger partial charge in [-0.15, -0.1) is 0 Å². The van der Waals surface area contributed by atoms with E-state index in [-0.39, 0.29) is 0 Å². The van der Waals surface area contributed by atoms with Crippen molar-refractivity contribution >= 4 is 5.97 Å². The summed E-state index contributed by atoms with van der Waals surface area (Å²) in [6, 6.07) is 7.80. The number of nitrogens with one attached hydrogen (secondary N) is 1. The Morgan fingerprint density at radius 2 is 2.17 bits per heavy atom. The molecule has 4 nitrogen and oxygen atoms in total. The van der Waals surface area contributed by atoms with Gasteiger partial charge in [-0.25, -0.2) is 0 Å². The van der Waals surface area contributed by atoms with Gasteiger partial charge < -0.3 is 15.2 Å².